The van der Waals surface area contributed by atoms with Gasteiger partial charge in [-0.1, -0.05) is 23.4 Å². The number of benzene rings is 1. The minimum Gasteiger partial charge on any atom is -0.409 e. The zero-order chi connectivity index (χ0) is 14.7. The van der Waals surface area contributed by atoms with E-state index in [1.54, 1.807) is 11.8 Å². The van der Waals surface area contributed by atoms with Crippen LogP contribution in [0.15, 0.2) is 40.5 Å². The van der Waals surface area contributed by atoms with E-state index in [0.29, 0.717) is 5.25 Å². The van der Waals surface area contributed by atoms with E-state index in [4.69, 9.17) is 15.7 Å². The van der Waals surface area contributed by atoms with Crippen molar-refractivity contribution in [2.24, 2.45) is 10.9 Å². The van der Waals surface area contributed by atoms with E-state index < -0.39 is 0 Å². The van der Waals surface area contributed by atoms with Gasteiger partial charge < -0.3 is 15.7 Å². The molecule has 1 aromatic carbocycles. The molecular formula is C15H17N3O2S. The lowest BCUT2D eigenvalue weighted by Gasteiger charge is -2.21. The van der Waals surface area contributed by atoms with Crippen molar-refractivity contribution in [3.63, 3.8) is 0 Å². The van der Waals surface area contributed by atoms with Crippen LogP contribution >= 0.6 is 11.8 Å². The fraction of sp³-hybridized carbons (Fsp3) is 0.333. The van der Waals surface area contributed by atoms with Crippen LogP contribution in [0.2, 0.25) is 0 Å². The molecule has 2 aromatic rings. The zero-order valence-electron chi connectivity index (χ0n) is 11.5. The van der Waals surface area contributed by atoms with Crippen LogP contribution < -0.4 is 5.73 Å². The number of rotatable bonds is 3. The fourth-order valence-electron chi connectivity index (χ4n) is 2.44. The molecule has 2 heterocycles. The summed E-state index contributed by atoms with van der Waals surface area (Å²) < 4.78 is 5.38. The topological polar surface area (TPSA) is 80.7 Å². The second-order valence-corrected chi connectivity index (χ2v) is 6.26. The third-order valence-corrected chi connectivity index (χ3v) is 4.79. The minimum absolute atomic E-state index is 0.113. The molecule has 1 aliphatic heterocycles. The average Bonchev–Trinajstić information content (AvgIpc) is 2.54. The first-order chi connectivity index (χ1) is 10.3. The summed E-state index contributed by atoms with van der Waals surface area (Å²) in [5.41, 5.74) is 7.38. The van der Waals surface area contributed by atoms with Gasteiger partial charge in [-0.3, -0.25) is 0 Å². The maximum absolute atomic E-state index is 8.98. The molecule has 3 rings (SSSR count). The lowest BCUT2D eigenvalue weighted by Crippen LogP contribution is -2.18. The van der Waals surface area contributed by atoms with E-state index in [-0.39, 0.29) is 5.84 Å². The smallest absolute Gasteiger partial charge is 0.170 e. The van der Waals surface area contributed by atoms with Gasteiger partial charge in [0, 0.05) is 29.4 Å². The number of oxime groups is 1. The van der Waals surface area contributed by atoms with Gasteiger partial charge in [-0.25, -0.2) is 4.98 Å². The SMILES string of the molecule is NC(=NO)c1cc(SC2CCOCC2)nc2ccccc12. The van der Waals surface area contributed by atoms with Crippen LogP contribution in [0.4, 0.5) is 0 Å². The number of nitrogens with two attached hydrogens (primary N) is 1. The van der Waals surface area contributed by atoms with E-state index >= 15 is 0 Å². The van der Waals surface area contributed by atoms with Crippen molar-refractivity contribution in [1.29, 1.82) is 0 Å². The Kier molecular flexibility index (Phi) is 4.26. The molecular weight excluding hydrogens is 286 g/mol. The van der Waals surface area contributed by atoms with Crippen molar-refractivity contribution in [2.75, 3.05) is 13.2 Å². The molecule has 0 saturated carbocycles. The average molecular weight is 303 g/mol. The number of aromatic nitrogens is 1. The number of pyridine rings is 1. The van der Waals surface area contributed by atoms with Gasteiger partial charge in [0.05, 0.1) is 10.5 Å². The highest BCUT2D eigenvalue weighted by Crippen LogP contribution is 2.31. The van der Waals surface area contributed by atoms with Crippen LogP contribution in [0, 0.1) is 0 Å². The summed E-state index contributed by atoms with van der Waals surface area (Å²) in [5, 5.41) is 14.4. The van der Waals surface area contributed by atoms with E-state index in [0.717, 1.165) is 47.5 Å². The Morgan fingerprint density at radius 3 is 2.86 bits per heavy atom. The normalized spacial score (nSPS) is 17.2. The minimum atomic E-state index is 0.113. The Bertz CT molecular complexity index is 669. The molecule has 0 aliphatic carbocycles. The molecule has 0 radical (unpaired) electrons. The van der Waals surface area contributed by atoms with Crippen molar-refractivity contribution in [3.05, 3.63) is 35.9 Å². The highest BCUT2D eigenvalue weighted by Gasteiger charge is 2.17. The number of ether oxygens (including phenoxy) is 1. The number of hydrogen-bond donors (Lipinski definition) is 2. The van der Waals surface area contributed by atoms with Gasteiger partial charge in [0.15, 0.2) is 5.84 Å². The van der Waals surface area contributed by atoms with E-state index in [9.17, 15) is 0 Å². The number of fused-ring (bicyclic) bond motifs is 1. The molecule has 110 valence electrons. The predicted octanol–water partition coefficient (Wildman–Crippen LogP) is 2.60. The largest absolute Gasteiger partial charge is 0.409 e. The van der Waals surface area contributed by atoms with Gasteiger partial charge in [-0.05, 0) is 25.0 Å². The zero-order valence-corrected chi connectivity index (χ0v) is 12.3. The van der Waals surface area contributed by atoms with E-state index in [1.165, 1.54) is 0 Å². The summed E-state index contributed by atoms with van der Waals surface area (Å²) in [6.07, 6.45) is 2.05. The van der Waals surface area contributed by atoms with Gasteiger partial charge in [-0.2, -0.15) is 0 Å². The van der Waals surface area contributed by atoms with Crippen molar-refractivity contribution < 1.29 is 9.94 Å². The standard InChI is InChI=1S/C15H17N3O2S/c16-15(18-19)12-9-14(21-10-5-7-20-8-6-10)17-13-4-2-1-3-11(12)13/h1-4,9-10,19H,5-8H2,(H2,16,18). The highest BCUT2D eigenvalue weighted by atomic mass is 32.2. The van der Waals surface area contributed by atoms with Crippen LogP contribution in [-0.2, 0) is 4.74 Å². The Morgan fingerprint density at radius 2 is 2.10 bits per heavy atom. The Hall–Kier alpha value is -1.79. The number of thioether (sulfide) groups is 1. The van der Waals surface area contributed by atoms with Crippen LogP contribution in [0.5, 0.6) is 0 Å². The quantitative estimate of drug-likeness (QED) is 0.394. The Morgan fingerprint density at radius 1 is 1.33 bits per heavy atom. The fourth-order valence-corrected chi connectivity index (χ4v) is 3.55. The summed E-state index contributed by atoms with van der Waals surface area (Å²) in [6, 6.07) is 9.63. The van der Waals surface area contributed by atoms with Crippen LogP contribution in [-0.4, -0.2) is 34.5 Å². The third kappa shape index (κ3) is 3.11. The van der Waals surface area contributed by atoms with Crippen molar-refractivity contribution in [3.8, 4) is 0 Å². The van der Waals surface area contributed by atoms with Crippen molar-refractivity contribution in [2.45, 2.75) is 23.1 Å². The summed E-state index contributed by atoms with van der Waals surface area (Å²) in [7, 11) is 0. The molecule has 3 N–H and O–H groups in total. The van der Waals surface area contributed by atoms with Crippen molar-refractivity contribution in [1.82, 2.24) is 4.98 Å². The molecule has 0 spiro atoms. The first-order valence-electron chi connectivity index (χ1n) is 6.90. The molecule has 5 nitrogen and oxygen atoms in total. The molecule has 0 atom stereocenters. The third-order valence-electron chi connectivity index (χ3n) is 3.53. The van der Waals surface area contributed by atoms with E-state index in [1.807, 2.05) is 30.3 Å². The Balaban J connectivity index is 1.99. The van der Waals surface area contributed by atoms with E-state index in [2.05, 4.69) is 10.1 Å². The predicted molar refractivity (Wildman–Crippen MR) is 84.0 cm³/mol. The van der Waals surface area contributed by atoms with Crippen LogP contribution in [0.25, 0.3) is 10.9 Å². The lowest BCUT2D eigenvalue weighted by molar-refractivity contribution is 0.1000. The summed E-state index contributed by atoms with van der Waals surface area (Å²) in [5.74, 6) is 0.113. The van der Waals surface area contributed by atoms with Gasteiger partial charge in [0.2, 0.25) is 0 Å². The van der Waals surface area contributed by atoms with Crippen molar-refractivity contribution >= 4 is 28.5 Å². The van der Waals surface area contributed by atoms with Crippen LogP contribution in [0.1, 0.15) is 18.4 Å². The monoisotopic (exact) mass is 303 g/mol. The first kappa shape index (κ1) is 14.2. The van der Waals surface area contributed by atoms with Gasteiger partial charge in [-0.15, -0.1) is 11.8 Å². The van der Waals surface area contributed by atoms with Gasteiger partial charge in [0.1, 0.15) is 0 Å². The van der Waals surface area contributed by atoms with Gasteiger partial charge in [0.25, 0.3) is 0 Å². The second kappa shape index (κ2) is 6.32. The summed E-state index contributed by atoms with van der Waals surface area (Å²) in [6.45, 7) is 1.61. The molecule has 6 heteroatoms. The molecule has 0 unspecified atom stereocenters. The lowest BCUT2D eigenvalue weighted by atomic mass is 10.1. The number of para-hydroxylation sites is 1. The summed E-state index contributed by atoms with van der Waals surface area (Å²) >= 11 is 1.74. The number of hydrogen-bond acceptors (Lipinski definition) is 5. The second-order valence-electron chi connectivity index (χ2n) is 4.94. The molecule has 1 aliphatic rings. The molecule has 1 saturated heterocycles. The molecule has 1 aromatic heterocycles. The molecule has 1 fully saturated rings. The highest BCUT2D eigenvalue weighted by molar-refractivity contribution is 7.99. The van der Waals surface area contributed by atoms with Gasteiger partial charge >= 0.3 is 0 Å². The maximum atomic E-state index is 8.98. The molecule has 0 amide bonds. The molecule has 0 bridgehead atoms. The molecule has 21 heavy (non-hydrogen) atoms. The van der Waals surface area contributed by atoms with Crippen LogP contribution in [0.3, 0.4) is 0 Å². The first-order valence-corrected chi connectivity index (χ1v) is 7.78. The number of amidine groups is 1. The number of nitrogens with zero attached hydrogens (tertiary/aromatic N) is 2. The Labute approximate surface area is 127 Å². The maximum Gasteiger partial charge on any atom is 0.170 e. The summed E-state index contributed by atoms with van der Waals surface area (Å²) in [4.78, 5) is 4.68.